The van der Waals surface area contributed by atoms with Gasteiger partial charge in [-0.3, -0.25) is 4.79 Å². The van der Waals surface area contributed by atoms with Crippen molar-refractivity contribution in [1.82, 2.24) is 9.88 Å². The molecule has 0 atom stereocenters. The lowest BCUT2D eigenvalue weighted by molar-refractivity contribution is -0.128. The number of aryl methyl sites for hydroxylation is 1. The molecule has 0 saturated carbocycles. The molecule has 98 valence electrons. The third kappa shape index (κ3) is 2.72. The van der Waals surface area contributed by atoms with Crippen molar-refractivity contribution in [3.8, 4) is 0 Å². The van der Waals surface area contributed by atoms with Crippen molar-refractivity contribution in [3.63, 3.8) is 0 Å². The number of nitrogens with zero attached hydrogens (tertiary/aromatic N) is 3. The summed E-state index contributed by atoms with van der Waals surface area (Å²) in [5, 5.41) is 0. The van der Waals surface area contributed by atoms with Gasteiger partial charge in [0.15, 0.2) is 0 Å². The zero-order valence-electron chi connectivity index (χ0n) is 11.0. The molecule has 0 bridgehead atoms. The van der Waals surface area contributed by atoms with Crippen molar-refractivity contribution in [2.24, 2.45) is 0 Å². The van der Waals surface area contributed by atoms with Crippen molar-refractivity contribution in [2.45, 2.75) is 20.3 Å². The lowest BCUT2D eigenvalue weighted by Gasteiger charge is -2.22. The van der Waals surface area contributed by atoms with Gasteiger partial charge in [0.25, 0.3) is 0 Å². The summed E-state index contributed by atoms with van der Waals surface area (Å²) in [5.74, 6) is 1.05. The number of carbonyl (C=O) groups is 1. The third-order valence-corrected chi connectivity index (χ3v) is 3.40. The Morgan fingerprint density at radius 3 is 2.78 bits per heavy atom. The molecule has 5 nitrogen and oxygen atoms in total. The maximum atomic E-state index is 11.4. The van der Waals surface area contributed by atoms with Gasteiger partial charge in [-0.2, -0.15) is 0 Å². The standard InChI is InChI=1S/C13H20N4O/c1-10-9-15-13(8-12(10)14)17-5-3-4-16(6-7-17)11(2)18/h8-9H,3-7H2,1-2H3,(H2,14,15). The average molecular weight is 248 g/mol. The molecule has 0 aromatic carbocycles. The van der Waals surface area contributed by atoms with E-state index in [-0.39, 0.29) is 5.91 Å². The van der Waals surface area contributed by atoms with Gasteiger partial charge in [-0.15, -0.1) is 0 Å². The van der Waals surface area contributed by atoms with Gasteiger partial charge in [0.2, 0.25) is 5.91 Å². The fourth-order valence-electron chi connectivity index (χ4n) is 2.16. The van der Waals surface area contributed by atoms with Crippen LogP contribution in [0.3, 0.4) is 0 Å². The molecule has 18 heavy (non-hydrogen) atoms. The Labute approximate surface area is 108 Å². The molecule has 0 radical (unpaired) electrons. The van der Waals surface area contributed by atoms with Crippen molar-refractivity contribution in [2.75, 3.05) is 36.8 Å². The van der Waals surface area contributed by atoms with Crippen LogP contribution in [0.1, 0.15) is 18.9 Å². The first kappa shape index (κ1) is 12.7. The first-order valence-electron chi connectivity index (χ1n) is 6.30. The van der Waals surface area contributed by atoms with E-state index in [1.54, 1.807) is 13.1 Å². The van der Waals surface area contributed by atoms with Crippen LogP contribution in [0.25, 0.3) is 0 Å². The van der Waals surface area contributed by atoms with Crippen LogP contribution >= 0.6 is 0 Å². The molecule has 1 saturated heterocycles. The summed E-state index contributed by atoms with van der Waals surface area (Å²) < 4.78 is 0. The second kappa shape index (κ2) is 5.25. The average Bonchev–Trinajstić information content (AvgIpc) is 2.58. The highest BCUT2D eigenvalue weighted by atomic mass is 16.2. The minimum atomic E-state index is 0.147. The number of anilines is 2. The molecule has 1 aliphatic rings. The molecule has 1 aromatic rings. The number of hydrogen-bond acceptors (Lipinski definition) is 4. The summed E-state index contributed by atoms with van der Waals surface area (Å²) in [6.45, 7) is 6.89. The quantitative estimate of drug-likeness (QED) is 0.806. The molecule has 5 heteroatoms. The number of hydrogen-bond donors (Lipinski definition) is 1. The first-order valence-corrected chi connectivity index (χ1v) is 6.30. The minimum Gasteiger partial charge on any atom is -0.398 e. The maximum absolute atomic E-state index is 11.4. The van der Waals surface area contributed by atoms with Gasteiger partial charge >= 0.3 is 0 Å². The monoisotopic (exact) mass is 248 g/mol. The van der Waals surface area contributed by atoms with Crippen LogP contribution in [0.2, 0.25) is 0 Å². The molecular formula is C13H20N4O. The molecule has 2 rings (SSSR count). The van der Waals surface area contributed by atoms with Gasteiger partial charge in [-0.05, 0) is 18.9 Å². The normalized spacial score (nSPS) is 16.6. The van der Waals surface area contributed by atoms with E-state index in [0.717, 1.165) is 49.7 Å². The molecule has 1 aromatic heterocycles. The van der Waals surface area contributed by atoms with Crippen molar-refractivity contribution in [3.05, 3.63) is 17.8 Å². The summed E-state index contributed by atoms with van der Waals surface area (Å²) in [6, 6.07) is 1.92. The Hall–Kier alpha value is -1.78. The molecule has 2 heterocycles. The Balaban J connectivity index is 2.09. The summed E-state index contributed by atoms with van der Waals surface area (Å²) in [4.78, 5) is 19.9. The van der Waals surface area contributed by atoms with Gasteiger partial charge in [-0.1, -0.05) is 0 Å². The van der Waals surface area contributed by atoms with Crippen LogP contribution < -0.4 is 10.6 Å². The summed E-state index contributed by atoms with van der Waals surface area (Å²) in [5.41, 5.74) is 7.68. The summed E-state index contributed by atoms with van der Waals surface area (Å²) >= 11 is 0. The fourth-order valence-corrected chi connectivity index (χ4v) is 2.16. The van der Waals surface area contributed by atoms with E-state index in [4.69, 9.17) is 5.73 Å². The zero-order chi connectivity index (χ0) is 13.1. The Morgan fingerprint density at radius 2 is 2.11 bits per heavy atom. The molecule has 1 aliphatic heterocycles. The van der Waals surface area contributed by atoms with Crippen molar-refractivity contribution >= 4 is 17.4 Å². The first-order chi connectivity index (χ1) is 8.58. The largest absolute Gasteiger partial charge is 0.398 e. The number of pyridine rings is 1. The van der Waals surface area contributed by atoms with Crippen LogP contribution in [-0.4, -0.2) is 42.0 Å². The minimum absolute atomic E-state index is 0.147. The molecule has 0 unspecified atom stereocenters. The van der Waals surface area contributed by atoms with Crippen LogP contribution in [0, 0.1) is 6.92 Å². The second-order valence-electron chi connectivity index (χ2n) is 4.75. The van der Waals surface area contributed by atoms with E-state index >= 15 is 0 Å². The van der Waals surface area contributed by atoms with Crippen LogP contribution in [0.4, 0.5) is 11.5 Å². The molecule has 1 amide bonds. The van der Waals surface area contributed by atoms with Crippen molar-refractivity contribution in [1.29, 1.82) is 0 Å². The highest BCUT2D eigenvalue weighted by Crippen LogP contribution is 2.19. The SMILES string of the molecule is CC(=O)N1CCCN(c2cc(N)c(C)cn2)CC1. The molecule has 2 N–H and O–H groups in total. The van der Waals surface area contributed by atoms with Crippen LogP contribution in [0.15, 0.2) is 12.3 Å². The summed E-state index contributed by atoms with van der Waals surface area (Å²) in [7, 11) is 0. The summed E-state index contributed by atoms with van der Waals surface area (Å²) in [6.07, 6.45) is 2.77. The fraction of sp³-hybridized carbons (Fsp3) is 0.538. The van der Waals surface area contributed by atoms with Crippen molar-refractivity contribution < 1.29 is 4.79 Å². The molecule has 0 aliphatic carbocycles. The smallest absolute Gasteiger partial charge is 0.219 e. The zero-order valence-corrected chi connectivity index (χ0v) is 11.0. The van der Waals surface area contributed by atoms with Gasteiger partial charge < -0.3 is 15.5 Å². The topological polar surface area (TPSA) is 62.5 Å². The lowest BCUT2D eigenvalue weighted by Crippen LogP contribution is -2.33. The third-order valence-electron chi connectivity index (χ3n) is 3.40. The molecule has 1 fully saturated rings. The number of aromatic nitrogens is 1. The van der Waals surface area contributed by atoms with Gasteiger partial charge in [0.1, 0.15) is 5.82 Å². The van der Waals surface area contributed by atoms with Crippen LogP contribution in [-0.2, 0) is 4.79 Å². The second-order valence-corrected chi connectivity index (χ2v) is 4.75. The highest BCUT2D eigenvalue weighted by Gasteiger charge is 2.17. The highest BCUT2D eigenvalue weighted by molar-refractivity contribution is 5.73. The van der Waals surface area contributed by atoms with Gasteiger partial charge in [0.05, 0.1) is 0 Å². The van der Waals surface area contributed by atoms with E-state index in [2.05, 4.69) is 9.88 Å². The van der Waals surface area contributed by atoms with E-state index in [9.17, 15) is 4.79 Å². The molecular weight excluding hydrogens is 228 g/mol. The predicted octanol–water partition coefficient (Wildman–Crippen LogP) is 1.03. The van der Waals surface area contributed by atoms with E-state index in [0.29, 0.717) is 0 Å². The Kier molecular flexibility index (Phi) is 3.69. The van der Waals surface area contributed by atoms with E-state index in [1.807, 2.05) is 17.9 Å². The number of nitrogen functional groups attached to an aromatic ring is 1. The molecule has 0 spiro atoms. The van der Waals surface area contributed by atoms with E-state index < -0.39 is 0 Å². The predicted molar refractivity (Wildman–Crippen MR) is 72.5 cm³/mol. The lowest BCUT2D eigenvalue weighted by atomic mass is 10.2. The number of rotatable bonds is 1. The maximum Gasteiger partial charge on any atom is 0.219 e. The Bertz CT molecular complexity index is 447. The Morgan fingerprint density at radius 1 is 1.33 bits per heavy atom. The van der Waals surface area contributed by atoms with Crippen LogP contribution in [0.5, 0.6) is 0 Å². The van der Waals surface area contributed by atoms with Gasteiger partial charge in [0, 0.05) is 51.1 Å². The number of nitrogens with two attached hydrogens (primary N) is 1. The van der Waals surface area contributed by atoms with E-state index in [1.165, 1.54) is 0 Å². The number of carbonyl (C=O) groups excluding carboxylic acids is 1. The number of amides is 1. The van der Waals surface area contributed by atoms with Gasteiger partial charge in [-0.25, -0.2) is 4.98 Å².